The van der Waals surface area contributed by atoms with E-state index in [0.29, 0.717) is 12.8 Å². The van der Waals surface area contributed by atoms with Gasteiger partial charge in [-0.2, -0.15) is 0 Å². The van der Waals surface area contributed by atoms with Crippen LogP contribution in [0.5, 0.6) is 0 Å². The Morgan fingerprint density at radius 1 is 0.870 bits per heavy atom. The van der Waals surface area contributed by atoms with Crippen LogP contribution in [0.3, 0.4) is 0 Å². The smallest absolute Gasteiger partial charge is 0.310 e. The summed E-state index contributed by atoms with van der Waals surface area (Å²) in [6.07, 6.45) is 6.19. The average molecular weight is 316 g/mol. The van der Waals surface area contributed by atoms with Gasteiger partial charge in [-0.05, 0) is 51.9 Å². The number of carbonyl (C=O) groups is 1. The Balaban J connectivity index is 1.73. The molecule has 0 aliphatic carbocycles. The van der Waals surface area contributed by atoms with Crippen LogP contribution in [0.15, 0.2) is 0 Å². The second-order valence-electron chi connectivity index (χ2n) is 6.30. The molecule has 0 amide bonds. The maximum absolute atomic E-state index is 11.8. The van der Waals surface area contributed by atoms with Gasteiger partial charge in [0.2, 0.25) is 0 Å². The Morgan fingerprint density at radius 3 is 1.70 bits per heavy atom. The summed E-state index contributed by atoms with van der Waals surface area (Å²) in [5.74, 6) is 12.2. The zero-order valence-electron chi connectivity index (χ0n) is 14.3. The molecule has 2 saturated heterocycles. The van der Waals surface area contributed by atoms with Gasteiger partial charge in [-0.15, -0.1) is 11.8 Å². The van der Waals surface area contributed by atoms with E-state index in [9.17, 15) is 4.79 Å². The molecule has 0 aromatic rings. The number of ether oxygens (including phenoxy) is 1. The Labute approximate surface area is 140 Å². The molecule has 2 aliphatic heterocycles. The van der Waals surface area contributed by atoms with Gasteiger partial charge < -0.3 is 4.74 Å². The zero-order valence-corrected chi connectivity index (χ0v) is 14.3. The van der Waals surface area contributed by atoms with Crippen molar-refractivity contribution >= 4 is 5.97 Å². The number of hydrogen-bond donors (Lipinski definition) is 0. The van der Waals surface area contributed by atoms with Gasteiger partial charge in [0.05, 0.1) is 26.1 Å². The van der Waals surface area contributed by atoms with Crippen molar-refractivity contribution in [1.82, 2.24) is 9.80 Å². The Hall–Kier alpha value is -1.49. The predicted molar refractivity (Wildman–Crippen MR) is 91.6 cm³/mol. The van der Waals surface area contributed by atoms with Crippen molar-refractivity contribution < 1.29 is 9.53 Å². The molecule has 126 valence electrons. The van der Waals surface area contributed by atoms with Gasteiger partial charge in [-0.25, -0.2) is 0 Å². The van der Waals surface area contributed by atoms with E-state index in [0.717, 1.165) is 39.3 Å². The first-order valence-corrected chi connectivity index (χ1v) is 8.73. The van der Waals surface area contributed by atoms with E-state index in [1.807, 2.05) is 0 Å². The van der Waals surface area contributed by atoms with Crippen molar-refractivity contribution in [2.75, 3.05) is 46.4 Å². The maximum atomic E-state index is 11.8. The number of carbonyl (C=O) groups excluding carboxylic acids is 1. The Kier molecular flexibility index (Phi) is 8.01. The van der Waals surface area contributed by atoms with Crippen molar-refractivity contribution in [1.29, 1.82) is 0 Å². The maximum Gasteiger partial charge on any atom is 0.310 e. The van der Waals surface area contributed by atoms with Gasteiger partial charge in [-0.1, -0.05) is 11.8 Å². The highest BCUT2D eigenvalue weighted by molar-refractivity contribution is 5.73. The molecule has 0 spiro atoms. The second-order valence-corrected chi connectivity index (χ2v) is 6.30. The molecule has 23 heavy (non-hydrogen) atoms. The van der Waals surface area contributed by atoms with Gasteiger partial charge in [0.1, 0.15) is 0 Å². The number of esters is 1. The monoisotopic (exact) mass is 316 g/mol. The van der Waals surface area contributed by atoms with E-state index in [1.165, 1.54) is 32.8 Å². The molecule has 0 aromatic carbocycles. The molecule has 2 rings (SSSR count). The normalized spacial score (nSPS) is 18.3. The van der Waals surface area contributed by atoms with Crippen LogP contribution in [0.1, 0.15) is 38.5 Å². The van der Waals surface area contributed by atoms with Gasteiger partial charge in [0.15, 0.2) is 0 Å². The molecule has 0 bridgehead atoms. The first-order chi connectivity index (χ1) is 11.3. The van der Waals surface area contributed by atoms with Crippen molar-refractivity contribution in [3.8, 4) is 23.7 Å². The van der Waals surface area contributed by atoms with E-state index >= 15 is 0 Å². The van der Waals surface area contributed by atoms with Gasteiger partial charge in [0, 0.05) is 12.8 Å². The fourth-order valence-electron chi connectivity index (χ4n) is 3.01. The van der Waals surface area contributed by atoms with Crippen molar-refractivity contribution in [3.63, 3.8) is 0 Å². The van der Waals surface area contributed by atoms with Crippen LogP contribution in [0.2, 0.25) is 0 Å². The van der Waals surface area contributed by atoms with E-state index in [2.05, 4.69) is 33.5 Å². The lowest BCUT2D eigenvalue weighted by molar-refractivity contribution is -0.145. The van der Waals surface area contributed by atoms with Crippen LogP contribution in [-0.4, -0.2) is 62.1 Å². The molecule has 0 atom stereocenters. The molecule has 0 unspecified atom stereocenters. The van der Waals surface area contributed by atoms with E-state index in [4.69, 9.17) is 4.74 Å². The largest absolute Gasteiger partial charge is 0.469 e. The molecular weight excluding hydrogens is 288 g/mol. The van der Waals surface area contributed by atoms with Gasteiger partial charge in [0.25, 0.3) is 0 Å². The lowest BCUT2D eigenvalue weighted by Crippen LogP contribution is -2.19. The standard InChI is InChI=1S/C19H28N2O2/c1-23-19(22)18(10-2-4-12-20-14-6-7-15-20)11-3-5-13-21-16-8-9-17-21/h18H,6-17H2,1H3. The lowest BCUT2D eigenvalue weighted by Gasteiger charge is -2.10. The molecule has 2 heterocycles. The summed E-state index contributed by atoms with van der Waals surface area (Å²) >= 11 is 0. The SMILES string of the molecule is COC(=O)C(CC#CCN1CCCC1)CC#CCN1CCCC1. The quantitative estimate of drug-likeness (QED) is 0.571. The van der Waals surface area contributed by atoms with Gasteiger partial charge >= 0.3 is 5.97 Å². The zero-order chi connectivity index (χ0) is 16.3. The summed E-state index contributed by atoms with van der Waals surface area (Å²) in [4.78, 5) is 16.5. The minimum Gasteiger partial charge on any atom is -0.469 e. The van der Waals surface area contributed by atoms with Crippen molar-refractivity contribution in [2.45, 2.75) is 38.5 Å². The third-order valence-electron chi connectivity index (χ3n) is 4.48. The highest BCUT2D eigenvalue weighted by atomic mass is 16.5. The summed E-state index contributed by atoms with van der Waals surface area (Å²) in [5.41, 5.74) is 0. The summed E-state index contributed by atoms with van der Waals surface area (Å²) < 4.78 is 4.88. The minimum atomic E-state index is -0.225. The molecule has 0 aromatic heterocycles. The number of methoxy groups -OCH3 is 1. The third kappa shape index (κ3) is 6.65. The molecule has 4 heteroatoms. The van der Waals surface area contributed by atoms with Crippen molar-refractivity contribution in [3.05, 3.63) is 0 Å². The summed E-state index contributed by atoms with van der Waals surface area (Å²) in [5, 5.41) is 0. The number of rotatable bonds is 5. The Bertz CT molecular complexity index is 445. The topological polar surface area (TPSA) is 32.8 Å². The molecule has 2 fully saturated rings. The first kappa shape index (κ1) is 17.9. The molecule has 0 radical (unpaired) electrons. The number of likely N-dealkylation sites (tertiary alicyclic amines) is 2. The van der Waals surface area contributed by atoms with Crippen LogP contribution < -0.4 is 0 Å². The number of hydrogen-bond acceptors (Lipinski definition) is 4. The van der Waals surface area contributed by atoms with Crippen LogP contribution in [-0.2, 0) is 9.53 Å². The molecular formula is C19H28N2O2. The molecule has 4 nitrogen and oxygen atoms in total. The summed E-state index contributed by atoms with van der Waals surface area (Å²) in [7, 11) is 1.44. The molecule has 0 saturated carbocycles. The first-order valence-electron chi connectivity index (χ1n) is 8.73. The minimum absolute atomic E-state index is 0.198. The summed E-state index contributed by atoms with van der Waals surface area (Å²) in [6.45, 7) is 6.23. The third-order valence-corrected chi connectivity index (χ3v) is 4.48. The fraction of sp³-hybridized carbons (Fsp3) is 0.737. The van der Waals surface area contributed by atoms with Crippen LogP contribution in [0.4, 0.5) is 0 Å². The number of nitrogens with zero attached hydrogens (tertiary/aromatic N) is 2. The van der Waals surface area contributed by atoms with Crippen LogP contribution >= 0.6 is 0 Å². The highest BCUT2D eigenvalue weighted by Crippen LogP contribution is 2.10. The van der Waals surface area contributed by atoms with Crippen LogP contribution in [0.25, 0.3) is 0 Å². The van der Waals surface area contributed by atoms with E-state index < -0.39 is 0 Å². The predicted octanol–water partition coefficient (Wildman–Crippen LogP) is 1.75. The summed E-state index contributed by atoms with van der Waals surface area (Å²) in [6, 6.07) is 0. The lowest BCUT2D eigenvalue weighted by atomic mass is 10.0. The second kappa shape index (κ2) is 10.3. The molecule has 2 aliphatic rings. The fourth-order valence-corrected chi connectivity index (χ4v) is 3.01. The average Bonchev–Trinajstić information content (AvgIpc) is 3.26. The van der Waals surface area contributed by atoms with E-state index in [-0.39, 0.29) is 11.9 Å². The molecule has 0 N–H and O–H groups in total. The van der Waals surface area contributed by atoms with Gasteiger partial charge in [-0.3, -0.25) is 14.6 Å². The highest BCUT2D eigenvalue weighted by Gasteiger charge is 2.17. The van der Waals surface area contributed by atoms with Crippen LogP contribution in [0, 0.1) is 29.6 Å². The Morgan fingerprint density at radius 2 is 1.30 bits per heavy atom. The van der Waals surface area contributed by atoms with Crippen molar-refractivity contribution in [2.24, 2.45) is 5.92 Å². The van der Waals surface area contributed by atoms with E-state index in [1.54, 1.807) is 0 Å².